The molecule has 0 spiro atoms. The van der Waals surface area contributed by atoms with Crippen molar-refractivity contribution in [2.45, 2.75) is 108 Å². The first-order valence-electron chi connectivity index (χ1n) is 18.4. The smallest absolute Gasteiger partial charge is 0.326 e. The number of likely N-dealkylation sites (tertiary alicyclic amines) is 1. The number of aliphatic hydroxyl groups excluding tert-OH is 2. The highest BCUT2D eigenvalue weighted by Gasteiger charge is 2.39. The summed E-state index contributed by atoms with van der Waals surface area (Å²) in [6.45, 7) is 2.91. The summed E-state index contributed by atoms with van der Waals surface area (Å²) in [6, 6.07) is -8.64. The van der Waals surface area contributed by atoms with E-state index in [0.717, 1.165) is 0 Å². The number of hydrogen-bond donors (Lipinski definition) is 13. The number of amides is 7. The highest BCUT2D eigenvalue weighted by molar-refractivity contribution is 5.97. The fraction of sp³-hybridized carbons (Fsp3) is 0.727. The van der Waals surface area contributed by atoms with E-state index in [2.05, 4.69) is 36.9 Å². The molecule has 0 radical (unpaired) electrons. The second-order valence-electron chi connectivity index (χ2n) is 13.7. The van der Waals surface area contributed by atoms with Gasteiger partial charge in [0.15, 0.2) is 5.96 Å². The first-order valence-corrected chi connectivity index (χ1v) is 18.4. The van der Waals surface area contributed by atoms with Crippen molar-refractivity contribution in [1.29, 1.82) is 0 Å². The van der Waals surface area contributed by atoms with Crippen LogP contribution < -0.4 is 54.8 Å². The topological polar surface area (TPSA) is 389 Å². The lowest BCUT2D eigenvalue weighted by Gasteiger charge is -2.30. The van der Waals surface area contributed by atoms with Crippen molar-refractivity contribution in [2.75, 3.05) is 39.4 Å². The van der Waals surface area contributed by atoms with Gasteiger partial charge in [-0.3, -0.25) is 38.6 Å². The number of aliphatic carboxylic acids is 1. The highest BCUT2D eigenvalue weighted by atomic mass is 16.4. The van der Waals surface area contributed by atoms with Crippen molar-refractivity contribution in [3.05, 3.63) is 0 Å². The van der Waals surface area contributed by atoms with Crippen LogP contribution >= 0.6 is 0 Å². The zero-order valence-corrected chi connectivity index (χ0v) is 32.1. The fourth-order valence-electron chi connectivity index (χ4n) is 5.56. The molecule has 56 heavy (non-hydrogen) atoms. The third-order valence-electron chi connectivity index (χ3n) is 8.75. The van der Waals surface area contributed by atoms with Crippen LogP contribution in [0, 0.1) is 5.92 Å². The summed E-state index contributed by atoms with van der Waals surface area (Å²) in [5.74, 6) is -7.34. The fourth-order valence-corrected chi connectivity index (χ4v) is 5.56. The van der Waals surface area contributed by atoms with Gasteiger partial charge >= 0.3 is 5.97 Å². The molecule has 17 N–H and O–H groups in total. The molecule has 1 heterocycles. The summed E-state index contributed by atoms with van der Waals surface area (Å²) in [6.07, 6.45) is 2.12. The summed E-state index contributed by atoms with van der Waals surface area (Å²) in [4.78, 5) is 107. The maximum Gasteiger partial charge on any atom is 0.326 e. The Hall–Kier alpha value is -5.13. The predicted molar refractivity (Wildman–Crippen MR) is 201 cm³/mol. The van der Waals surface area contributed by atoms with E-state index in [1.54, 1.807) is 13.8 Å². The van der Waals surface area contributed by atoms with Crippen LogP contribution in [-0.4, -0.2) is 155 Å². The van der Waals surface area contributed by atoms with Crippen LogP contribution in [0.15, 0.2) is 4.99 Å². The van der Waals surface area contributed by atoms with Gasteiger partial charge in [0.2, 0.25) is 41.4 Å². The van der Waals surface area contributed by atoms with Gasteiger partial charge in [-0.2, -0.15) is 0 Å². The average Bonchev–Trinajstić information content (AvgIpc) is 3.64. The molecule has 1 fully saturated rings. The van der Waals surface area contributed by atoms with Gasteiger partial charge in [0.1, 0.15) is 42.3 Å². The molecule has 318 valence electrons. The number of nitrogens with zero attached hydrogens (tertiary/aromatic N) is 2. The number of nitrogens with one attached hydrogen (secondary N) is 6. The molecule has 1 aliphatic rings. The number of unbranched alkanes of at least 4 members (excludes halogenated alkanes) is 1. The molecule has 1 rings (SSSR count). The molecule has 23 nitrogen and oxygen atoms in total. The maximum atomic E-state index is 13.7. The van der Waals surface area contributed by atoms with Crippen LogP contribution in [0.3, 0.4) is 0 Å². The third kappa shape index (κ3) is 16.7. The van der Waals surface area contributed by atoms with E-state index < -0.39 is 115 Å². The van der Waals surface area contributed by atoms with Crippen LogP contribution in [0.5, 0.6) is 0 Å². The van der Waals surface area contributed by atoms with Crippen molar-refractivity contribution in [1.82, 2.24) is 36.8 Å². The number of aliphatic hydroxyl groups is 2. The summed E-state index contributed by atoms with van der Waals surface area (Å²) >= 11 is 0. The van der Waals surface area contributed by atoms with E-state index in [9.17, 15) is 53.7 Å². The normalized spacial score (nSPS) is 16.9. The first-order chi connectivity index (χ1) is 26.4. The second-order valence-corrected chi connectivity index (χ2v) is 13.7. The lowest BCUT2D eigenvalue weighted by molar-refractivity contribution is -0.145. The van der Waals surface area contributed by atoms with Crippen LogP contribution in [0.4, 0.5) is 0 Å². The zero-order chi connectivity index (χ0) is 42.5. The number of aliphatic imine (C=N–C) groups is 1. The zero-order valence-electron chi connectivity index (χ0n) is 32.1. The van der Waals surface area contributed by atoms with E-state index in [1.807, 2.05) is 0 Å². The molecule has 0 aromatic heterocycles. The summed E-state index contributed by atoms with van der Waals surface area (Å²) < 4.78 is 0. The van der Waals surface area contributed by atoms with Gasteiger partial charge < -0.3 is 75.1 Å². The summed E-state index contributed by atoms with van der Waals surface area (Å²) in [7, 11) is 0. The van der Waals surface area contributed by atoms with Crippen molar-refractivity contribution < 1.29 is 53.7 Å². The molecule has 0 aromatic rings. The van der Waals surface area contributed by atoms with Crippen LogP contribution in [0.25, 0.3) is 0 Å². The molecule has 0 aliphatic carbocycles. The molecular formula is C33H60N12O11. The van der Waals surface area contributed by atoms with Crippen LogP contribution in [-0.2, 0) is 38.4 Å². The standard InChI is InChI=1S/C33H60N12O11/c1-17(2)25(32(55)56)44-30(53)23-10-7-13-45(23)31(54)21(8-4-5-11-34)41-24(48)14-39-28(51)22(16-47)43-26(49)18(3)40-29(52)20(9-6-12-38-33(36)37)42-27(50)19(35)15-46/h17-23,25,46-47H,4-16,34-35H2,1-3H3,(H,39,51)(H,40,52)(H,41,48)(H,42,50)(H,43,49)(H,44,53)(H,55,56)(H4,36,37,38). The Morgan fingerprint density at radius 1 is 0.786 bits per heavy atom. The Kier molecular flexibility index (Phi) is 21.9. The molecular weight excluding hydrogens is 740 g/mol. The first kappa shape index (κ1) is 48.9. The lowest BCUT2D eigenvalue weighted by atomic mass is 10.0. The van der Waals surface area contributed by atoms with Gasteiger partial charge in [0.25, 0.3) is 0 Å². The second kappa shape index (κ2) is 25.1. The Morgan fingerprint density at radius 2 is 1.43 bits per heavy atom. The van der Waals surface area contributed by atoms with Crippen molar-refractivity contribution in [3.63, 3.8) is 0 Å². The number of nitrogens with two attached hydrogens (primary N) is 4. The van der Waals surface area contributed by atoms with Gasteiger partial charge in [0, 0.05) is 13.1 Å². The molecule has 0 saturated carbocycles. The van der Waals surface area contributed by atoms with Crippen LogP contribution in [0.1, 0.15) is 65.7 Å². The molecule has 7 unspecified atom stereocenters. The summed E-state index contributed by atoms with van der Waals surface area (Å²) in [5.41, 5.74) is 21.7. The SMILES string of the molecule is CC(NC(=O)C(CCCN=C(N)N)NC(=O)C(N)CO)C(=O)NC(CO)C(=O)NCC(=O)NC(CCCCN)C(=O)N1CCCC1C(=O)NC(C(=O)O)C(C)C. The Balaban J connectivity index is 2.90. The van der Waals surface area contributed by atoms with Crippen molar-refractivity contribution in [2.24, 2.45) is 33.8 Å². The maximum absolute atomic E-state index is 13.7. The monoisotopic (exact) mass is 800 g/mol. The molecule has 7 atom stereocenters. The van der Waals surface area contributed by atoms with Gasteiger partial charge in [0.05, 0.1) is 19.8 Å². The summed E-state index contributed by atoms with van der Waals surface area (Å²) in [5, 5.41) is 42.9. The predicted octanol–water partition coefficient (Wildman–Crippen LogP) is -6.23. The molecule has 7 amide bonds. The number of carboxylic acid groups (broad SMARTS) is 1. The third-order valence-corrected chi connectivity index (χ3v) is 8.75. The minimum atomic E-state index is -1.57. The number of rotatable bonds is 25. The lowest BCUT2D eigenvalue weighted by Crippen LogP contribution is -2.58. The highest BCUT2D eigenvalue weighted by Crippen LogP contribution is 2.20. The van der Waals surface area contributed by atoms with Gasteiger partial charge in [-0.15, -0.1) is 0 Å². The Bertz CT molecular complexity index is 1390. The van der Waals surface area contributed by atoms with Gasteiger partial charge in [-0.05, 0) is 64.3 Å². The van der Waals surface area contributed by atoms with E-state index in [0.29, 0.717) is 25.8 Å². The van der Waals surface area contributed by atoms with Gasteiger partial charge in [-0.25, -0.2) is 4.79 Å². The van der Waals surface area contributed by atoms with Gasteiger partial charge in [-0.1, -0.05) is 13.8 Å². The number of carbonyl (C=O) groups excluding carboxylic acids is 7. The number of hydrogen-bond acceptors (Lipinski definition) is 13. The number of carboxylic acids is 1. The molecule has 23 heteroatoms. The molecule has 1 aliphatic heterocycles. The largest absolute Gasteiger partial charge is 0.480 e. The minimum Gasteiger partial charge on any atom is -0.480 e. The molecule has 0 aromatic carbocycles. The van der Waals surface area contributed by atoms with E-state index in [1.165, 1.54) is 11.8 Å². The van der Waals surface area contributed by atoms with E-state index >= 15 is 0 Å². The Labute approximate surface area is 324 Å². The van der Waals surface area contributed by atoms with Crippen molar-refractivity contribution in [3.8, 4) is 0 Å². The average molecular weight is 801 g/mol. The number of guanidine groups is 1. The van der Waals surface area contributed by atoms with Crippen molar-refractivity contribution >= 4 is 53.3 Å². The quantitative estimate of drug-likeness (QED) is 0.0232. The van der Waals surface area contributed by atoms with Crippen LogP contribution in [0.2, 0.25) is 0 Å². The molecule has 1 saturated heterocycles. The van der Waals surface area contributed by atoms with E-state index in [4.69, 9.17) is 22.9 Å². The molecule has 0 bridgehead atoms. The minimum absolute atomic E-state index is 0.0174. The number of carbonyl (C=O) groups is 8. The van der Waals surface area contributed by atoms with E-state index in [-0.39, 0.29) is 44.7 Å². The Morgan fingerprint density at radius 3 is 2.00 bits per heavy atom.